The van der Waals surface area contributed by atoms with E-state index in [2.05, 4.69) is 27.3 Å². The van der Waals surface area contributed by atoms with Gasteiger partial charge in [0.1, 0.15) is 0 Å². The first-order chi connectivity index (χ1) is 12.2. The number of hydrogen-bond donors (Lipinski definition) is 1. The van der Waals surface area contributed by atoms with E-state index in [1.165, 1.54) is 25.8 Å². The monoisotopic (exact) mass is 362 g/mol. The van der Waals surface area contributed by atoms with Crippen LogP contribution in [0.5, 0.6) is 0 Å². The third-order valence-corrected chi connectivity index (χ3v) is 5.53. The number of likely N-dealkylation sites (tertiary alicyclic amines) is 1. The van der Waals surface area contributed by atoms with E-state index in [0.29, 0.717) is 30.6 Å². The van der Waals surface area contributed by atoms with E-state index in [0.717, 1.165) is 24.4 Å². The van der Waals surface area contributed by atoms with Crippen LogP contribution in [0, 0.1) is 0 Å². The number of thiophene rings is 1. The third-order valence-electron chi connectivity index (χ3n) is 4.66. The zero-order chi connectivity index (χ0) is 17.5. The molecule has 1 unspecified atom stereocenters. The third kappa shape index (κ3) is 5.37. The summed E-state index contributed by atoms with van der Waals surface area (Å²) in [4.78, 5) is 19.8. The number of hydrogen-bond acceptors (Lipinski definition) is 6. The Labute approximate surface area is 152 Å². The van der Waals surface area contributed by atoms with Gasteiger partial charge in [0.15, 0.2) is 0 Å². The summed E-state index contributed by atoms with van der Waals surface area (Å²) >= 11 is 1.57. The van der Waals surface area contributed by atoms with Crippen LogP contribution in [0.4, 0.5) is 0 Å². The van der Waals surface area contributed by atoms with Crippen LogP contribution in [0.15, 0.2) is 22.0 Å². The van der Waals surface area contributed by atoms with E-state index in [1.54, 1.807) is 11.3 Å². The van der Waals surface area contributed by atoms with Crippen LogP contribution in [0.2, 0.25) is 0 Å². The number of rotatable bonds is 8. The van der Waals surface area contributed by atoms with Crippen molar-refractivity contribution in [2.24, 2.45) is 0 Å². The molecule has 7 heteroatoms. The highest BCUT2D eigenvalue weighted by Crippen LogP contribution is 2.21. The fraction of sp³-hybridized carbons (Fsp3) is 0.611. The van der Waals surface area contributed by atoms with Crippen molar-refractivity contribution < 1.29 is 9.32 Å². The Morgan fingerprint density at radius 3 is 3.20 bits per heavy atom. The first-order valence-electron chi connectivity index (χ1n) is 9.09. The van der Waals surface area contributed by atoms with E-state index in [1.807, 2.05) is 17.5 Å². The molecule has 0 radical (unpaired) electrons. The maximum absolute atomic E-state index is 12.0. The van der Waals surface area contributed by atoms with Crippen molar-refractivity contribution in [3.63, 3.8) is 0 Å². The molecule has 0 aliphatic carbocycles. The molecule has 1 aliphatic heterocycles. The van der Waals surface area contributed by atoms with Gasteiger partial charge in [0, 0.05) is 32.0 Å². The molecule has 25 heavy (non-hydrogen) atoms. The minimum absolute atomic E-state index is 0.0440. The summed E-state index contributed by atoms with van der Waals surface area (Å²) in [6.07, 6.45) is 5.80. The summed E-state index contributed by atoms with van der Waals surface area (Å²) in [6.45, 7) is 5.28. The summed E-state index contributed by atoms with van der Waals surface area (Å²) < 4.78 is 5.21. The minimum Gasteiger partial charge on any atom is -0.356 e. The van der Waals surface area contributed by atoms with Gasteiger partial charge < -0.3 is 14.7 Å². The van der Waals surface area contributed by atoms with Crippen LogP contribution in [0.25, 0.3) is 10.7 Å². The molecule has 1 fully saturated rings. The standard InChI is InChI=1S/C18H26N4O2S/c1-14-6-2-3-11-22(14)12-5-10-19-16(23)8-9-17-20-18(21-24-17)15-7-4-13-25-15/h4,7,13-14H,2-3,5-6,8-12H2,1H3,(H,19,23). The summed E-state index contributed by atoms with van der Waals surface area (Å²) in [5.41, 5.74) is 0. The molecule has 0 bridgehead atoms. The Hall–Kier alpha value is -1.73. The van der Waals surface area contributed by atoms with E-state index >= 15 is 0 Å². The lowest BCUT2D eigenvalue weighted by molar-refractivity contribution is -0.121. The van der Waals surface area contributed by atoms with Crippen molar-refractivity contribution in [3.05, 3.63) is 23.4 Å². The van der Waals surface area contributed by atoms with Crippen LogP contribution in [0.1, 0.15) is 44.9 Å². The second kappa shape index (κ2) is 9.10. The van der Waals surface area contributed by atoms with Gasteiger partial charge in [-0.25, -0.2) is 0 Å². The normalized spacial score (nSPS) is 18.4. The smallest absolute Gasteiger partial charge is 0.227 e. The number of carbonyl (C=O) groups is 1. The predicted octanol–water partition coefficient (Wildman–Crippen LogP) is 3.11. The summed E-state index contributed by atoms with van der Waals surface area (Å²) in [7, 11) is 0. The average Bonchev–Trinajstić information content (AvgIpc) is 3.29. The van der Waals surface area contributed by atoms with Crippen molar-refractivity contribution >= 4 is 17.2 Å². The highest BCUT2D eigenvalue weighted by atomic mass is 32.1. The Morgan fingerprint density at radius 1 is 1.48 bits per heavy atom. The van der Waals surface area contributed by atoms with E-state index in [9.17, 15) is 4.79 Å². The van der Waals surface area contributed by atoms with Gasteiger partial charge >= 0.3 is 0 Å². The number of nitrogens with zero attached hydrogens (tertiary/aromatic N) is 3. The second-order valence-electron chi connectivity index (χ2n) is 6.57. The number of piperidine rings is 1. The van der Waals surface area contributed by atoms with Crippen LogP contribution in [-0.2, 0) is 11.2 Å². The van der Waals surface area contributed by atoms with Gasteiger partial charge in [-0.3, -0.25) is 4.79 Å². The minimum atomic E-state index is 0.0440. The number of aryl methyl sites for hydroxylation is 1. The van der Waals surface area contributed by atoms with Crippen LogP contribution in [0.3, 0.4) is 0 Å². The summed E-state index contributed by atoms with van der Waals surface area (Å²) in [5.74, 6) is 1.16. The van der Waals surface area contributed by atoms with Gasteiger partial charge in [-0.15, -0.1) is 11.3 Å². The van der Waals surface area contributed by atoms with Gasteiger partial charge in [0.2, 0.25) is 17.6 Å². The largest absolute Gasteiger partial charge is 0.356 e. The Balaban J connectivity index is 1.32. The lowest BCUT2D eigenvalue weighted by Gasteiger charge is -2.33. The highest BCUT2D eigenvalue weighted by molar-refractivity contribution is 7.13. The highest BCUT2D eigenvalue weighted by Gasteiger charge is 2.17. The molecule has 3 heterocycles. The van der Waals surface area contributed by atoms with Crippen molar-refractivity contribution in [1.82, 2.24) is 20.4 Å². The zero-order valence-corrected chi connectivity index (χ0v) is 15.6. The maximum Gasteiger partial charge on any atom is 0.227 e. The molecule has 1 aliphatic rings. The molecular weight excluding hydrogens is 336 g/mol. The molecule has 2 aromatic heterocycles. The second-order valence-corrected chi connectivity index (χ2v) is 7.52. The zero-order valence-electron chi connectivity index (χ0n) is 14.7. The molecule has 6 nitrogen and oxygen atoms in total. The molecule has 0 spiro atoms. The molecule has 0 saturated carbocycles. The number of nitrogens with one attached hydrogen (secondary N) is 1. The lowest BCUT2D eigenvalue weighted by atomic mass is 10.0. The SMILES string of the molecule is CC1CCCCN1CCCNC(=O)CCc1nc(-c2cccs2)no1. The number of amides is 1. The molecule has 0 aromatic carbocycles. The first kappa shape index (κ1) is 18.1. The molecule has 1 amide bonds. The predicted molar refractivity (Wildman–Crippen MR) is 98.4 cm³/mol. The van der Waals surface area contributed by atoms with Crippen molar-refractivity contribution in [1.29, 1.82) is 0 Å². The van der Waals surface area contributed by atoms with Gasteiger partial charge in [-0.05, 0) is 44.2 Å². The maximum atomic E-state index is 12.0. The van der Waals surface area contributed by atoms with Gasteiger partial charge in [0.25, 0.3) is 0 Å². The van der Waals surface area contributed by atoms with Crippen LogP contribution >= 0.6 is 11.3 Å². The molecule has 1 saturated heterocycles. The number of aromatic nitrogens is 2. The Kier molecular flexibility index (Phi) is 6.58. The molecule has 136 valence electrons. The van der Waals surface area contributed by atoms with Gasteiger partial charge in [0.05, 0.1) is 4.88 Å². The topological polar surface area (TPSA) is 71.3 Å². The van der Waals surface area contributed by atoms with Gasteiger partial charge in [-0.1, -0.05) is 17.6 Å². The van der Waals surface area contributed by atoms with Gasteiger partial charge in [-0.2, -0.15) is 4.98 Å². The fourth-order valence-electron chi connectivity index (χ4n) is 3.17. The fourth-order valence-corrected chi connectivity index (χ4v) is 3.82. The quantitative estimate of drug-likeness (QED) is 0.731. The average molecular weight is 362 g/mol. The van der Waals surface area contributed by atoms with Crippen LogP contribution < -0.4 is 5.32 Å². The molecule has 1 N–H and O–H groups in total. The molecule has 2 aromatic rings. The van der Waals surface area contributed by atoms with Crippen molar-refractivity contribution in [2.45, 2.75) is 51.5 Å². The van der Waals surface area contributed by atoms with Crippen molar-refractivity contribution in [3.8, 4) is 10.7 Å². The molecular formula is C18H26N4O2S. The Bertz CT molecular complexity index is 656. The first-order valence-corrected chi connectivity index (χ1v) is 9.97. The van der Waals surface area contributed by atoms with E-state index in [-0.39, 0.29) is 5.91 Å². The van der Waals surface area contributed by atoms with E-state index < -0.39 is 0 Å². The van der Waals surface area contributed by atoms with Crippen molar-refractivity contribution in [2.75, 3.05) is 19.6 Å². The lowest BCUT2D eigenvalue weighted by Crippen LogP contribution is -2.39. The summed E-state index contributed by atoms with van der Waals surface area (Å²) in [5, 5.41) is 8.92. The number of carbonyl (C=O) groups excluding carboxylic acids is 1. The molecule has 3 rings (SSSR count). The van der Waals surface area contributed by atoms with E-state index in [4.69, 9.17) is 4.52 Å². The summed E-state index contributed by atoms with van der Waals surface area (Å²) in [6, 6.07) is 4.59. The Morgan fingerprint density at radius 2 is 2.40 bits per heavy atom. The van der Waals surface area contributed by atoms with Crippen LogP contribution in [-0.4, -0.2) is 46.6 Å². The molecule has 1 atom stereocenters.